The predicted octanol–water partition coefficient (Wildman–Crippen LogP) is 4.79. The Hall–Kier alpha value is -0.780. The van der Waals surface area contributed by atoms with Gasteiger partial charge >= 0.3 is 0 Å². The van der Waals surface area contributed by atoms with Gasteiger partial charge in [0.25, 0.3) is 0 Å². The molecule has 0 heterocycles. The van der Waals surface area contributed by atoms with Gasteiger partial charge in [0, 0.05) is 0 Å². The smallest absolute Gasteiger partial charge is 0.0216 e. The van der Waals surface area contributed by atoms with Gasteiger partial charge in [0.05, 0.1) is 0 Å². The number of benzene rings is 1. The molecule has 0 N–H and O–H groups in total. The summed E-state index contributed by atoms with van der Waals surface area (Å²) >= 11 is 0. The monoisotopic (exact) mass is 204 g/mol. The fraction of sp³-hybridized carbons (Fsp3) is 0.600. The zero-order valence-electron chi connectivity index (χ0n) is 10.6. The van der Waals surface area contributed by atoms with Gasteiger partial charge in [-0.05, 0) is 35.8 Å². The molecule has 0 aliphatic heterocycles. The second kappa shape index (κ2) is 5.95. The van der Waals surface area contributed by atoms with Crippen molar-refractivity contribution in [3.05, 3.63) is 35.4 Å². The van der Waals surface area contributed by atoms with Crippen molar-refractivity contribution in [1.82, 2.24) is 0 Å². The highest BCUT2D eigenvalue weighted by molar-refractivity contribution is 5.29. The van der Waals surface area contributed by atoms with Crippen LogP contribution in [0.1, 0.15) is 57.6 Å². The minimum absolute atomic E-state index is 0.653. The topological polar surface area (TPSA) is 0 Å². The van der Waals surface area contributed by atoms with E-state index < -0.39 is 0 Å². The summed E-state index contributed by atoms with van der Waals surface area (Å²) in [5.41, 5.74) is 3.08. The van der Waals surface area contributed by atoms with E-state index in [0.29, 0.717) is 5.92 Å². The lowest BCUT2D eigenvalue weighted by molar-refractivity contribution is 0.554. The van der Waals surface area contributed by atoms with Crippen LogP contribution in [0.25, 0.3) is 0 Å². The van der Waals surface area contributed by atoms with Crippen molar-refractivity contribution >= 4 is 0 Å². The Morgan fingerprint density at radius 1 is 1.00 bits per heavy atom. The van der Waals surface area contributed by atoms with Crippen molar-refractivity contribution in [3.8, 4) is 0 Å². The first-order chi connectivity index (χ1) is 7.11. The first kappa shape index (κ1) is 12.3. The van der Waals surface area contributed by atoms with Gasteiger partial charge in [0.2, 0.25) is 0 Å². The van der Waals surface area contributed by atoms with Crippen LogP contribution in [0.4, 0.5) is 0 Å². The lowest BCUT2D eigenvalue weighted by Crippen LogP contribution is -1.97. The number of aryl methyl sites for hydroxylation is 1. The number of hydrogen-bond acceptors (Lipinski definition) is 0. The summed E-state index contributed by atoms with van der Waals surface area (Å²) in [5.74, 6) is 1.48. The molecule has 0 saturated heterocycles. The number of rotatable bonds is 5. The Balaban J connectivity index is 2.59. The maximum Gasteiger partial charge on any atom is -0.0216 e. The van der Waals surface area contributed by atoms with E-state index in [4.69, 9.17) is 0 Å². The number of hydrogen-bond donors (Lipinski definition) is 0. The van der Waals surface area contributed by atoms with E-state index in [2.05, 4.69) is 52.0 Å². The lowest BCUT2D eigenvalue weighted by Gasteiger charge is -2.12. The molecule has 0 fully saturated rings. The van der Waals surface area contributed by atoms with Crippen LogP contribution in [0.15, 0.2) is 24.3 Å². The molecule has 1 aromatic carbocycles. The molecule has 0 heteroatoms. The Labute approximate surface area is 94.7 Å². The molecule has 0 saturated carbocycles. The second-order valence-electron chi connectivity index (χ2n) is 5.14. The average molecular weight is 204 g/mol. The van der Waals surface area contributed by atoms with Crippen molar-refractivity contribution in [2.24, 2.45) is 5.92 Å². The van der Waals surface area contributed by atoms with Crippen LogP contribution in [-0.4, -0.2) is 0 Å². The van der Waals surface area contributed by atoms with Gasteiger partial charge in [-0.15, -0.1) is 0 Å². The summed E-state index contributed by atoms with van der Waals surface area (Å²) < 4.78 is 0. The summed E-state index contributed by atoms with van der Waals surface area (Å²) in [6.45, 7) is 9.16. The van der Waals surface area contributed by atoms with Gasteiger partial charge < -0.3 is 0 Å². The molecule has 0 nitrogen and oxygen atoms in total. The van der Waals surface area contributed by atoms with E-state index in [0.717, 1.165) is 5.92 Å². The first-order valence-electron chi connectivity index (χ1n) is 6.19. The van der Waals surface area contributed by atoms with Gasteiger partial charge in [0.15, 0.2) is 0 Å². The first-order valence-corrected chi connectivity index (χ1v) is 6.19. The van der Waals surface area contributed by atoms with E-state index in [1.54, 1.807) is 5.56 Å². The van der Waals surface area contributed by atoms with E-state index >= 15 is 0 Å². The van der Waals surface area contributed by atoms with Crippen LogP contribution in [-0.2, 0) is 6.42 Å². The van der Waals surface area contributed by atoms with Crippen molar-refractivity contribution < 1.29 is 0 Å². The summed E-state index contributed by atoms with van der Waals surface area (Å²) in [7, 11) is 0. The molecule has 0 amide bonds. The Morgan fingerprint density at radius 2 is 1.67 bits per heavy atom. The van der Waals surface area contributed by atoms with Gasteiger partial charge in [-0.1, -0.05) is 58.4 Å². The molecule has 1 rings (SSSR count). The highest BCUT2D eigenvalue weighted by atomic mass is 14.1. The van der Waals surface area contributed by atoms with Crippen LogP contribution in [0, 0.1) is 5.92 Å². The van der Waals surface area contributed by atoms with Crippen LogP contribution in [0.2, 0.25) is 0 Å². The van der Waals surface area contributed by atoms with Crippen LogP contribution >= 0.6 is 0 Å². The van der Waals surface area contributed by atoms with Gasteiger partial charge in [-0.2, -0.15) is 0 Å². The van der Waals surface area contributed by atoms with E-state index in [1.165, 1.54) is 24.8 Å². The summed E-state index contributed by atoms with van der Waals surface area (Å²) in [6.07, 6.45) is 3.90. The fourth-order valence-corrected chi connectivity index (χ4v) is 2.03. The van der Waals surface area contributed by atoms with E-state index in [1.807, 2.05) is 0 Å². The second-order valence-corrected chi connectivity index (χ2v) is 5.14. The normalized spacial score (nSPS) is 11.3. The van der Waals surface area contributed by atoms with E-state index in [-0.39, 0.29) is 0 Å². The quantitative estimate of drug-likeness (QED) is 0.647. The lowest BCUT2D eigenvalue weighted by atomic mass is 9.93. The highest BCUT2D eigenvalue weighted by Gasteiger charge is 2.05. The summed E-state index contributed by atoms with van der Waals surface area (Å²) in [6, 6.07) is 8.88. The molecular formula is C15H24. The maximum atomic E-state index is 2.30. The third-order valence-electron chi connectivity index (χ3n) is 2.90. The van der Waals surface area contributed by atoms with Crippen LogP contribution < -0.4 is 0 Å². The predicted molar refractivity (Wildman–Crippen MR) is 68.3 cm³/mol. The van der Waals surface area contributed by atoms with Crippen molar-refractivity contribution in [2.45, 2.75) is 52.9 Å². The van der Waals surface area contributed by atoms with Gasteiger partial charge in [-0.25, -0.2) is 0 Å². The molecule has 1 aromatic rings. The average Bonchev–Trinajstić information content (AvgIpc) is 2.17. The standard InChI is InChI=1S/C15H24/c1-12(2)8-7-10-14-9-5-6-11-15(14)13(3)4/h5-6,9,11-13H,7-8,10H2,1-4H3. The molecule has 0 aliphatic carbocycles. The summed E-state index contributed by atoms with van der Waals surface area (Å²) in [4.78, 5) is 0. The maximum absolute atomic E-state index is 2.30. The molecular weight excluding hydrogens is 180 g/mol. The van der Waals surface area contributed by atoms with Gasteiger partial charge in [-0.3, -0.25) is 0 Å². The van der Waals surface area contributed by atoms with Crippen molar-refractivity contribution in [2.75, 3.05) is 0 Å². The summed E-state index contributed by atoms with van der Waals surface area (Å²) in [5, 5.41) is 0. The Bertz CT molecular complexity index is 284. The SMILES string of the molecule is CC(C)CCCc1ccccc1C(C)C. The zero-order chi connectivity index (χ0) is 11.3. The van der Waals surface area contributed by atoms with E-state index in [9.17, 15) is 0 Å². The Kier molecular flexibility index (Phi) is 4.87. The third kappa shape index (κ3) is 4.07. The molecule has 0 spiro atoms. The Morgan fingerprint density at radius 3 is 2.27 bits per heavy atom. The minimum Gasteiger partial charge on any atom is -0.0628 e. The van der Waals surface area contributed by atoms with Crippen LogP contribution in [0.5, 0.6) is 0 Å². The third-order valence-corrected chi connectivity index (χ3v) is 2.90. The molecule has 15 heavy (non-hydrogen) atoms. The molecule has 0 aromatic heterocycles. The van der Waals surface area contributed by atoms with Crippen LogP contribution in [0.3, 0.4) is 0 Å². The van der Waals surface area contributed by atoms with Gasteiger partial charge in [0.1, 0.15) is 0 Å². The fourth-order valence-electron chi connectivity index (χ4n) is 2.03. The van der Waals surface area contributed by atoms with Crippen molar-refractivity contribution in [1.29, 1.82) is 0 Å². The molecule has 84 valence electrons. The largest absolute Gasteiger partial charge is 0.0628 e. The highest BCUT2D eigenvalue weighted by Crippen LogP contribution is 2.21. The molecule has 0 aliphatic rings. The molecule has 0 unspecified atom stereocenters. The molecule has 0 atom stereocenters. The molecule has 0 bridgehead atoms. The molecule has 0 radical (unpaired) electrons. The van der Waals surface area contributed by atoms with Crippen molar-refractivity contribution in [3.63, 3.8) is 0 Å². The zero-order valence-corrected chi connectivity index (χ0v) is 10.6. The minimum atomic E-state index is 0.653.